The summed E-state index contributed by atoms with van der Waals surface area (Å²) in [6.45, 7) is 2.00. The van der Waals surface area contributed by atoms with Crippen LogP contribution in [0, 0.1) is 0 Å². The van der Waals surface area contributed by atoms with Gasteiger partial charge in [-0.05, 0) is 18.1 Å². The third-order valence-corrected chi connectivity index (χ3v) is 1.64. The summed E-state index contributed by atoms with van der Waals surface area (Å²) in [5, 5.41) is 8.82. The van der Waals surface area contributed by atoms with Gasteiger partial charge in [-0.25, -0.2) is 4.98 Å². The Kier molecular flexibility index (Phi) is 2.44. The molecule has 0 atom stereocenters. The zero-order chi connectivity index (χ0) is 8.27. The van der Waals surface area contributed by atoms with Crippen molar-refractivity contribution >= 4 is 5.82 Å². The summed E-state index contributed by atoms with van der Waals surface area (Å²) in [4.78, 5) is 3.94. The van der Waals surface area contributed by atoms with Gasteiger partial charge in [-0.3, -0.25) is 0 Å². The highest BCUT2D eigenvalue weighted by Crippen LogP contribution is 2.10. The van der Waals surface area contributed by atoms with Gasteiger partial charge in [0.15, 0.2) is 0 Å². The molecule has 0 fully saturated rings. The lowest BCUT2D eigenvalue weighted by molar-refractivity contribution is 0.282. The maximum absolute atomic E-state index is 8.82. The van der Waals surface area contributed by atoms with E-state index in [4.69, 9.17) is 10.8 Å². The molecule has 1 heterocycles. The second-order valence-electron chi connectivity index (χ2n) is 2.40. The highest BCUT2D eigenvalue weighted by molar-refractivity contribution is 5.40. The summed E-state index contributed by atoms with van der Waals surface area (Å²) in [6.07, 6.45) is 2.65. The van der Waals surface area contributed by atoms with Crippen molar-refractivity contribution < 1.29 is 5.11 Å². The zero-order valence-corrected chi connectivity index (χ0v) is 6.54. The fourth-order valence-corrected chi connectivity index (χ4v) is 0.890. The van der Waals surface area contributed by atoms with Crippen LogP contribution in [0.5, 0.6) is 0 Å². The minimum atomic E-state index is -0.0350. The lowest BCUT2D eigenvalue weighted by Crippen LogP contribution is -1.98. The molecule has 0 spiro atoms. The molecule has 60 valence electrons. The average Bonchev–Trinajstić information content (AvgIpc) is 2.05. The van der Waals surface area contributed by atoms with Crippen LogP contribution in [0.4, 0.5) is 5.82 Å². The van der Waals surface area contributed by atoms with Crippen LogP contribution in [0.1, 0.15) is 18.1 Å². The van der Waals surface area contributed by atoms with Crippen molar-refractivity contribution in [2.24, 2.45) is 0 Å². The minimum Gasteiger partial charge on any atom is -0.392 e. The number of aliphatic hydroxyl groups is 1. The van der Waals surface area contributed by atoms with Crippen LogP contribution in [-0.4, -0.2) is 10.1 Å². The smallest absolute Gasteiger partial charge is 0.128 e. The van der Waals surface area contributed by atoms with E-state index in [1.165, 1.54) is 0 Å². The third-order valence-electron chi connectivity index (χ3n) is 1.64. The van der Waals surface area contributed by atoms with Gasteiger partial charge in [0.1, 0.15) is 5.82 Å². The van der Waals surface area contributed by atoms with Gasteiger partial charge in [0.05, 0.1) is 6.61 Å². The number of anilines is 1. The van der Waals surface area contributed by atoms with E-state index < -0.39 is 0 Å². The molecule has 0 unspecified atom stereocenters. The van der Waals surface area contributed by atoms with Crippen LogP contribution in [0.15, 0.2) is 12.3 Å². The molecule has 0 aromatic carbocycles. The first-order valence-corrected chi connectivity index (χ1v) is 3.62. The average molecular weight is 152 g/mol. The van der Waals surface area contributed by atoms with Gasteiger partial charge in [-0.2, -0.15) is 0 Å². The Morgan fingerprint density at radius 1 is 1.64 bits per heavy atom. The Hall–Kier alpha value is -1.09. The molecule has 11 heavy (non-hydrogen) atoms. The molecular formula is C8H12N2O. The van der Waals surface area contributed by atoms with Crippen molar-refractivity contribution in [3.05, 3.63) is 23.4 Å². The number of nitrogens with two attached hydrogens (primary N) is 1. The van der Waals surface area contributed by atoms with E-state index in [1.807, 2.05) is 13.0 Å². The van der Waals surface area contributed by atoms with Crippen LogP contribution in [-0.2, 0) is 13.0 Å². The van der Waals surface area contributed by atoms with E-state index in [0.29, 0.717) is 11.4 Å². The fourth-order valence-electron chi connectivity index (χ4n) is 0.890. The number of aryl methyl sites for hydroxylation is 1. The molecule has 1 aromatic heterocycles. The van der Waals surface area contributed by atoms with E-state index >= 15 is 0 Å². The number of rotatable bonds is 2. The van der Waals surface area contributed by atoms with Crippen molar-refractivity contribution in [3.8, 4) is 0 Å². The second kappa shape index (κ2) is 3.34. The molecule has 3 heteroatoms. The molecule has 0 aliphatic heterocycles. The third kappa shape index (κ3) is 1.68. The molecule has 0 saturated carbocycles. The lowest BCUT2D eigenvalue weighted by atomic mass is 10.1. The largest absolute Gasteiger partial charge is 0.392 e. The molecule has 3 N–H and O–H groups in total. The van der Waals surface area contributed by atoms with Gasteiger partial charge in [0, 0.05) is 11.8 Å². The zero-order valence-electron chi connectivity index (χ0n) is 6.54. The lowest BCUT2D eigenvalue weighted by Gasteiger charge is -2.02. The second-order valence-corrected chi connectivity index (χ2v) is 2.40. The monoisotopic (exact) mass is 152 g/mol. The normalized spacial score (nSPS) is 10.0. The minimum absolute atomic E-state index is 0.0350. The first kappa shape index (κ1) is 8.01. The van der Waals surface area contributed by atoms with Crippen molar-refractivity contribution in [1.82, 2.24) is 4.98 Å². The summed E-state index contributed by atoms with van der Waals surface area (Å²) in [5.74, 6) is 0.421. The standard InChI is InChI=1S/C8H12N2O/c1-2-6-3-7(5-11)8(9)10-4-6/h3-4,11H,2,5H2,1H3,(H2,9,10). The van der Waals surface area contributed by atoms with Gasteiger partial charge in [-0.1, -0.05) is 6.92 Å². The predicted molar refractivity (Wildman–Crippen MR) is 44.0 cm³/mol. The van der Waals surface area contributed by atoms with Gasteiger partial charge >= 0.3 is 0 Å². The Morgan fingerprint density at radius 3 is 2.91 bits per heavy atom. The Labute approximate surface area is 65.9 Å². The Morgan fingerprint density at radius 2 is 2.36 bits per heavy atom. The number of aromatic nitrogens is 1. The summed E-state index contributed by atoms with van der Waals surface area (Å²) in [5.41, 5.74) is 7.30. The quantitative estimate of drug-likeness (QED) is 0.656. The molecule has 1 rings (SSSR count). The first-order chi connectivity index (χ1) is 5.27. The first-order valence-electron chi connectivity index (χ1n) is 3.62. The Bertz CT molecular complexity index is 248. The summed E-state index contributed by atoms with van der Waals surface area (Å²) < 4.78 is 0. The SMILES string of the molecule is CCc1cnc(N)c(CO)c1. The maximum Gasteiger partial charge on any atom is 0.128 e. The van der Waals surface area contributed by atoms with Crippen LogP contribution in [0.2, 0.25) is 0 Å². The molecule has 0 aliphatic carbocycles. The molecule has 3 nitrogen and oxygen atoms in total. The molecular weight excluding hydrogens is 140 g/mol. The molecule has 0 radical (unpaired) electrons. The number of aliphatic hydroxyl groups excluding tert-OH is 1. The van der Waals surface area contributed by atoms with Gasteiger partial charge in [0.25, 0.3) is 0 Å². The maximum atomic E-state index is 8.82. The van der Waals surface area contributed by atoms with E-state index in [2.05, 4.69) is 4.98 Å². The molecule has 1 aromatic rings. The van der Waals surface area contributed by atoms with E-state index in [9.17, 15) is 0 Å². The van der Waals surface area contributed by atoms with Crippen molar-refractivity contribution in [1.29, 1.82) is 0 Å². The fraction of sp³-hybridized carbons (Fsp3) is 0.375. The van der Waals surface area contributed by atoms with Crippen molar-refractivity contribution in [2.75, 3.05) is 5.73 Å². The van der Waals surface area contributed by atoms with Gasteiger partial charge < -0.3 is 10.8 Å². The summed E-state index contributed by atoms with van der Waals surface area (Å²) in [7, 11) is 0. The van der Waals surface area contributed by atoms with Gasteiger partial charge in [0.2, 0.25) is 0 Å². The number of nitrogen functional groups attached to an aromatic ring is 1. The molecule has 0 aliphatic rings. The Balaban J connectivity index is 3.02. The number of nitrogens with zero attached hydrogens (tertiary/aromatic N) is 1. The summed E-state index contributed by atoms with van der Waals surface area (Å²) >= 11 is 0. The van der Waals surface area contributed by atoms with Crippen molar-refractivity contribution in [2.45, 2.75) is 20.0 Å². The highest BCUT2D eigenvalue weighted by Gasteiger charge is 1.98. The van der Waals surface area contributed by atoms with E-state index in [1.54, 1.807) is 6.20 Å². The van der Waals surface area contributed by atoms with Crippen LogP contribution < -0.4 is 5.73 Å². The number of hydrogen-bond acceptors (Lipinski definition) is 3. The van der Waals surface area contributed by atoms with E-state index in [0.717, 1.165) is 12.0 Å². The molecule has 0 saturated heterocycles. The van der Waals surface area contributed by atoms with Crippen LogP contribution in [0.3, 0.4) is 0 Å². The number of pyridine rings is 1. The molecule has 0 amide bonds. The van der Waals surface area contributed by atoms with Gasteiger partial charge in [-0.15, -0.1) is 0 Å². The molecule has 0 bridgehead atoms. The van der Waals surface area contributed by atoms with Crippen molar-refractivity contribution in [3.63, 3.8) is 0 Å². The highest BCUT2D eigenvalue weighted by atomic mass is 16.3. The predicted octanol–water partition coefficient (Wildman–Crippen LogP) is 0.719. The number of hydrogen-bond donors (Lipinski definition) is 2. The summed E-state index contributed by atoms with van der Waals surface area (Å²) in [6, 6.07) is 1.88. The van der Waals surface area contributed by atoms with E-state index in [-0.39, 0.29) is 6.61 Å². The topological polar surface area (TPSA) is 59.1 Å². The van der Waals surface area contributed by atoms with Crippen LogP contribution in [0.25, 0.3) is 0 Å². The van der Waals surface area contributed by atoms with Crippen LogP contribution >= 0.6 is 0 Å².